The molecule has 5 heteroatoms. The van der Waals surface area contributed by atoms with Gasteiger partial charge in [0.15, 0.2) is 0 Å². The number of benzene rings is 2. The molecule has 2 heterocycles. The van der Waals surface area contributed by atoms with Gasteiger partial charge in [0.25, 0.3) is 0 Å². The van der Waals surface area contributed by atoms with Crippen molar-refractivity contribution in [2.75, 3.05) is 18.0 Å². The average molecular weight is 430 g/mol. The molecule has 2 aromatic carbocycles. The molecule has 1 saturated heterocycles. The first-order chi connectivity index (χ1) is 14.0. The van der Waals surface area contributed by atoms with Crippen molar-refractivity contribution in [3.63, 3.8) is 0 Å². The fourth-order valence-electron chi connectivity index (χ4n) is 4.43. The number of aliphatic carboxylic acids is 1. The van der Waals surface area contributed by atoms with Crippen LogP contribution in [0, 0.1) is 5.92 Å². The second-order valence-electron chi connectivity index (χ2n) is 10.4. The minimum atomic E-state index is -0.953. The van der Waals surface area contributed by atoms with Crippen LogP contribution in [0.25, 0.3) is 11.1 Å². The fraction of sp³-hybridized carbons (Fsp3) is 0.500. The van der Waals surface area contributed by atoms with Crippen LogP contribution in [0.1, 0.15) is 58.6 Å². The molecule has 0 saturated carbocycles. The van der Waals surface area contributed by atoms with Gasteiger partial charge in [-0.05, 0) is 73.4 Å². The molecule has 4 nitrogen and oxygen atoms in total. The Morgan fingerprint density at radius 3 is 2.52 bits per heavy atom. The summed E-state index contributed by atoms with van der Waals surface area (Å²) in [6, 6.07) is 13.0. The fourth-order valence-corrected chi connectivity index (χ4v) is 4.43. The average Bonchev–Trinajstić information content (AvgIpc) is 2.75. The van der Waals surface area contributed by atoms with Gasteiger partial charge in [-0.2, -0.15) is 0 Å². The Kier molecular flexibility index (Phi) is 6.86. The van der Waals surface area contributed by atoms with Gasteiger partial charge < -0.3 is 19.5 Å². The maximum Gasteiger partial charge on any atom is 1.00 e. The number of nitrogens with zero attached hydrogens (tertiary/aromatic N) is 1. The molecule has 4 rings (SSSR count). The number of hydrogen-bond acceptors (Lipinski definition) is 4. The zero-order valence-corrected chi connectivity index (χ0v) is 21.7. The van der Waals surface area contributed by atoms with Gasteiger partial charge in [0.2, 0.25) is 0 Å². The number of rotatable bonds is 3. The summed E-state index contributed by atoms with van der Waals surface area (Å²) in [5, 5.41) is 11.1. The van der Waals surface area contributed by atoms with Crippen molar-refractivity contribution in [1.82, 2.24) is 0 Å². The predicted molar refractivity (Wildman–Crippen MR) is 119 cm³/mol. The van der Waals surface area contributed by atoms with Crippen molar-refractivity contribution in [2.24, 2.45) is 5.92 Å². The van der Waals surface area contributed by atoms with E-state index in [1.165, 1.54) is 16.7 Å². The van der Waals surface area contributed by atoms with Crippen LogP contribution in [0.3, 0.4) is 0 Å². The van der Waals surface area contributed by atoms with Crippen molar-refractivity contribution < 1.29 is 44.2 Å². The summed E-state index contributed by atoms with van der Waals surface area (Å²) < 4.78 is 6.51. The number of carboxylic acid groups (broad SMARTS) is 1. The van der Waals surface area contributed by atoms with Crippen molar-refractivity contribution in [2.45, 2.75) is 64.9 Å². The second-order valence-corrected chi connectivity index (χ2v) is 10.4. The van der Waals surface area contributed by atoms with Crippen LogP contribution in [-0.4, -0.2) is 24.7 Å². The largest absolute Gasteiger partial charge is 1.00 e. The first-order valence-corrected chi connectivity index (χ1v) is 11.0. The van der Waals surface area contributed by atoms with Gasteiger partial charge in [-0.25, -0.2) is 0 Å². The summed E-state index contributed by atoms with van der Waals surface area (Å²) in [6.45, 7) is 12.1. The van der Waals surface area contributed by atoms with Crippen LogP contribution in [0.15, 0.2) is 36.4 Å². The Hall–Kier alpha value is -1.49. The summed E-state index contributed by atoms with van der Waals surface area (Å²) in [4.78, 5) is 13.2. The smallest absolute Gasteiger partial charge is 0.550 e. The van der Waals surface area contributed by atoms with E-state index >= 15 is 0 Å². The van der Waals surface area contributed by atoms with Crippen molar-refractivity contribution in [3.05, 3.63) is 47.5 Å². The van der Waals surface area contributed by atoms with Crippen LogP contribution >= 0.6 is 0 Å². The number of fused-ring (bicyclic) bond motifs is 1. The van der Waals surface area contributed by atoms with Gasteiger partial charge in [-0.3, -0.25) is 0 Å². The third-order valence-corrected chi connectivity index (χ3v) is 6.40. The third kappa shape index (κ3) is 5.13. The first kappa shape index (κ1) is 24.2. The number of carbonyl (C=O) groups excluding carboxylic acids is 1. The van der Waals surface area contributed by atoms with E-state index in [0.29, 0.717) is 13.1 Å². The molecule has 1 fully saturated rings. The molecule has 2 aliphatic heterocycles. The van der Waals surface area contributed by atoms with Crippen LogP contribution in [0.2, 0.25) is 0 Å². The number of carbonyl (C=O) groups is 1. The molecule has 0 radical (unpaired) electrons. The van der Waals surface area contributed by atoms with Crippen LogP contribution in [0.4, 0.5) is 5.69 Å². The number of anilines is 1. The summed E-state index contributed by atoms with van der Waals surface area (Å²) in [5.74, 6) is -0.318. The van der Waals surface area contributed by atoms with Crippen LogP contribution < -0.4 is 44.3 Å². The van der Waals surface area contributed by atoms with Crippen LogP contribution in [-0.2, 0) is 16.6 Å². The van der Waals surface area contributed by atoms with Gasteiger partial charge in [0.05, 0.1) is 0 Å². The number of hydrogen-bond donors (Lipinski definition) is 0. The van der Waals surface area contributed by atoms with E-state index in [1.807, 2.05) is 0 Å². The second kappa shape index (κ2) is 8.80. The molecular formula is C26H32NNaO3. The predicted octanol–water partition coefficient (Wildman–Crippen LogP) is 1.33. The topological polar surface area (TPSA) is 52.6 Å². The molecule has 0 N–H and O–H groups in total. The summed E-state index contributed by atoms with van der Waals surface area (Å²) in [7, 11) is 0. The Morgan fingerprint density at radius 1 is 1.16 bits per heavy atom. The van der Waals surface area contributed by atoms with Gasteiger partial charge in [-0.1, -0.05) is 39.0 Å². The molecule has 0 aliphatic carbocycles. The molecule has 0 atom stereocenters. The van der Waals surface area contributed by atoms with Gasteiger partial charge in [0.1, 0.15) is 11.4 Å². The monoisotopic (exact) mass is 429 g/mol. The molecule has 0 unspecified atom stereocenters. The normalized spacial score (nSPS) is 18.2. The minimum Gasteiger partial charge on any atom is -0.550 e. The van der Waals surface area contributed by atoms with E-state index in [-0.39, 0.29) is 46.5 Å². The summed E-state index contributed by atoms with van der Waals surface area (Å²) in [6.07, 6.45) is 3.13. The maximum atomic E-state index is 11.1. The standard InChI is InChI=1S/C26H33NO3.Na/c1-25(2,3)19-13-22(21-10-7-11-26(4,5)30-23(21)14-19)17-8-6-9-20(12-17)27-15-18(16-27)24(28)29;/h6,8-9,12-14,18H,7,10-11,15-16H2,1-5H3,(H,28,29);/q;+1/p-1. The van der Waals surface area contributed by atoms with E-state index in [0.717, 1.165) is 36.3 Å². The van der Waals surface area contributed by atoms with Gasteiger partial charge >= 0.3 is 29.6 Å². The van der Waals surface area contributed by atoms with E-state index in [4.69, 9.17) is 4.74 Å². The first-order valence-electron chi connectivity index (χ1n) is 11.0. The van der Waals surface area contributed by atoms with Crippen molar-refractivity contribution in [1.29, 1.82) is 0 Å². The number of carboxylic acids is 1. The zero-order valence-electron chi connectivity index (χ0n) is 19.7. The molecule has 0 bridgehead atoms. The van der Waals surface area contributed by atoms with Gasteiger partial charge in [0, 0.05) is 36.2 Å². The van der Waals surface area contributed by atoms with Crippen molar-refractivity contribution >= 4 is 11.7 Å². The minimum absolute atomic E-state index is 0. The maximum absolute atomic E-state index is 11.1. The van der Waals surface area contributed by atoms with Crippen molar-refractivity contribution in [3.8, 4) is 16.9 Å². The molecule has 2 aliphatic rings. The molecule has 0 amide bonds. The van der Waals surface area contributed by atoms with E-state index in [9.17, 15) is 9.90 Å². The van der Waals surface area contributed by atoms with E-state index in [1.54, 1.807) is 0 Å². The molecular weight excluding hydrogens is 397 g/mol. The third-order valence-electron chi connectivity index (χ3n) is 6.40. The van der Waals surface area contributed by atoms with E-state index < -0.39 is 5.97 Å². The Balaban J connectivity index is 0.00000272. The number of ether oxygens (including phenoxy) is 1. The molecule has 0 aromatic heterocycles. The summed E-state index contributed by atoms with van der Waals surface area (Å²) >= 11 is 0. The van der Waals surface area contributed by atoms with Gasteiger partial charge in [-0.15, -0.1) is 0 Å². The summed E-state index contributed by atoms with van der Waals surface area (Å²) in [5.41, 5.74) is 5.85. The molecule has 0 spiro atoms. The van der Waals surface area contributed by atoms with E-state index in [2.05, 4.69) is 75.9 Å². The quantitative estimate of drug-likeness (QED) is 0.691. The molecule has 160 valence electrons. The molecule has 2 aromatic rings. The Morgan fingerprint density at radius 2 is 1.87 bits per heavy atom. The Bertz CT molecular complexity index is 971. The van der Waals surface area contributed by atoms with Crippen LogP contribution in [0.5, 0.6) is 5.75 Å². The molecule has 31 heavy (non-hydrogen) atoms. The SMILES string of the molecule is CC1(C)CCCc2c(cc(C(C)(C)C)cc2-c2cccc(N3CC(C(=O)[O-])C3)c2)O1.[Na+]. The Labute approximate surface area is 208 Å². The zero-order chi connectivity index (χ0) is 21.7.